The first-order valence-electron chi connectivity index (χ1n) is 8.36. The summed E-state index contributed by atoms with van der Waals surface area (Å²) in [6.45, 7) is 6.93. The fourth-order valence-corrected chi connectivity index (χ4v) is 2.64. The minimum Gasteiger partial charge on any atom is -0.372 e. The lowest BCUT2D eigenvalue weighted by Gasteiger charge is -2.20. The van der Waals surface area contributed by atoms with Gasteiger partial charge in [0.05, 0.1) is 6.10 Å². The lowest BCUT2D eigenvalue weighted by atomic mass is 10.1. The van der Waals surface area contributed by atoms with Crippen LogP contribution in [0.4, 0.5) is 0 Å². The molecule has 0 aromatic heterocycles. The normalized spacial score (nSPS) is 12.5. The highest BCUT2D eigenvalue weighted by Crippen LogP contribution is 2.25. The second kappa shape index (κ2) is 12.0. The van der Waals surface area contributed by atoms with Crippen molar-refractivity contribution in [3.63, 3.8) is 0 Å². The lowest BCUT2D eigenvalue weighted by molar-refractivity contribution is 0.0502. The number of benzene rings is 1. The molecule has 0 radical (unpaired) electrons. The molecule has 2 nitrogen and oxygen atoms in total. The van der Waals surface area contributed by atoms with E-state index in [1.165, 1.54) is 32.1 Å². The maximum atomic E-state index is 6.29. The maximum Gasteiger partial charge on any atom is 0.0963 e. The Hall–Kier alpha value is -0.570. The highest BCUT2D eigenvalue weighted by molar-refractivity contribution is 6.31. The molecule has 1 rings (SSSR count). The van der Waals surface area contributed by atoms with Crippen molar-refractivity contribution >= 4 is 11.6 Å². The number of ether oxygens (including phenoxy) is 1. The van der Waals surface area contributed by atoms with Gasteiger partial charge in [-0.25, -0.2) is 0 Å². The van der Waals surface area contributed by atoms with E-state index in [9.17, 15) is 0 Å². The molecule has 0 aliphatic heterocycles. The fraction of sp³-hybridized carbons (Fsp3) is 0.667. The molecule has 0 heterocycles. The Balaban J connectivity index is 2.35. The Morgan fingerprint density at radius 1 is 1.05 bits per heavy atom. The van der Waals surface area contributed by atoms with Crippen molar-refractivity contribution in [3.8, 4) is 0 Å². The van der Waals surface area contributed by atoms with Gasteiger partial charge in [-0.05, 0) is 19.0 Å². The van der Waals surface area contributed by atoms with E-state index in [0.717, 1.165) is 36.7 Å². The van der Waals surface area contributed by atoms with Crippen molar-refractivity contribution in [2.75, 3.05) is 19.7 Å². The minimum atomic E-state index is 0.0503. The third-order valence-electron chi connectivity index (χ3n) is 3.65. The zero-order valence-electron chi connectivity index (χ0n) is 13.5. The summed E-state index contributed by atoms with van der Waals surface area (Å²) in [5.41, 5.74) is 1.09. The molecule has 0 amide bonds. The molecule has 0 aliphatic rings. The van der Waals surface area contributed by atoms with Crippen LogP contribution in [-0.4, -0.2) is 19.7 Å². The number of hydrogen-bond acceptors (Lipinski definition) is 2. The molecule has 0 aliphatic carbocycles. The average molecular weight is 312 g/mol. The van der Waals surface area contributed by atoms with Gasteiger partial charge in [0, 0.05) is 23.7 Å². The minimum absolute atomic E-state index is 0.0503. The van der Waals surface area contributed by atoms with Gasteiger partial charge in [0.15, 0.2) is 0 Å². The van der Waals surface area contributed by atoms with E-state index in [2.05, 4.69) is 25.2 Å². The van der Waals surface area contributed by atoms with Gasteiger partial charge < -0.3 is 10.1 Å². The zero-order valence-corrected chi connectivity index (χ0v) is 14.3. The first-order chi connectivity index (χ1) is 10.3. The largest absolute Gasteiger partial charge is 0.372 e. The van der Waals surface area contributed by atoms with Crippen molar-refractivity contribution < 1.29 is 4.74 Å². The maximum absolute atomic E-state index is 6.29. The van der Waals surface area contributed by atoms with Crippen molar-refractivity contribution in [1.82, 2.24) is 5.32 Å². The van der Waals surface area contributed by atoms with E-state index in [0.29, 0.717) is 0 Å². The predicted molar refractivity (Wildman–Crippen MR) is 92.1 cm³/mol. The number of likely N-dealkylation sites (N-methyl/N-ethyl adjacent to an activating group) is 1. The number of hydrogen-bond donors (Lipinski definition) is 1. The molecule has 0 spiro atoms. The van der Waals surface area contributed by atoms with Gasteiger partial charge in [0.25, 0.3) is 0 Å². The quantitative estimate of drug-likeness (QED) is 0.524. The van der Waals surface area contributed by atoms with Gasteiger partial charge in [-0.15, -0.1) is 0 Å². The average Bonchev–Trinajstić information content (AvgIpc) is 2.50. The zero-order chi connectivity index (χ0) is 15.3. The van der Waals surface area contributed by atoms with Crippen LogP contribution >= 0.6 is 11.6 Å². The van der Waals surface area contributed by atoms with Gasteiger partial charge in [-0.3, -0.25) is 0 Å². The SMILES string of the molecule is CCCCCCCCOC(CNCC)c1ccccc1Cl. The Labute approximate surface area is 135 Å². The lowest BCUT2D eigenvalue weighted by Crippen LogP contribution is -2.23. The molecule has 120 valence electrons. The van der Waals surface area contributed by atoms with Gasteiger partial charge >= 0.3 is 0 Å². The molecule has 0 fully saturated rings. The molecule has 1 aromatic rings. The first-order valence-corrected chi connectivity index (χ1v) is 8.74. The van der Waals surface area contributed by atoms with Crippen LogP contribution in [0, 0.1) is 0 Å². The summed E-state index contributed by atoms with van der Waals surface area (Å²) in [6.07, 6.45) is 7.77. The third kappa shape index (κ3) is 7.85. The van der Waals surface area contributed by atoms with Crippen LogP contribution in [-0.2, 0) is 4.74 Å². The highest BCUT2D eigenvalue weighted by Gasteiger charge is 2.14. The molecule has 21 heavy (non-hydrogen) atoms. The fourth-order valence-electron chi connectivity index (χ4n) is 2.38. The van der Waals surface area contributed by atoms with E-state index in [1.807, 2.05) is 18.2 Å². The molecular weight excluding hydrogens is 282 g/mol. The molecule has 0 bridgehead atoms. The number of unbranched alkanes of at least 4 members (excludes halogenated alkanes) is 5. The summed E-state index contributed by atoms with van der Waals surface area (Å²) in [6, 6.07) is 7.98. The third-order valence-corrected chi connectivity index (χ3v) is 3.99. The Bertz CT molecular complexity index is 370. The van der Waals surface area contributed by atoms with Crippen LogP contribution < -0.4 is 5.32 Å². The van der Waals surface area contributed by atoms with Crippen molar-refractivity contribution in [1.29, 1.82) is 0 Å². The van der Waals surface area contributed by atoms with E-state index < -0.39 is 0 Å². The second-order valence-corrected chi connectivity index (χ2v) is 5.86. The van der Waals surface area contributed by atoms with Crippen LogP contribution in [0.5, 0.6) is 0 Å². The van der Waals surface area contributed by atoms with Crippen molar-refractivity contribution in [2.45, 2.75) is 58.5 Å². The highest BCUT2D eigenvalue weighted by atomic mass is 35.5. The van der Waals surface area contributed by atoms with Crippen LogP contribution in [0.2, 0.25) is 5.02 Å². The molecular formula is C18H30ClNO. The van der Waals surface area contributed by atoms with Gasteiger partial charge in [0.1, 0.15) is 0 Å². The standard InChI is InChI=1S/C18H30ClNO/c1-3-5-6-7-8-11-14-21-18(15-20-4-2)16-12-9-10-13-17(16)19/h9-10,12-13,18,20H,3-8,11,14-15H2,1-2H3. The van der Waals surface area contributed by atoms with Gasteiger partial charge in [-0.2, -0.15) is 0 Å². The molecule has 3 heteroatoms. The summed E-state index contributed by atoms with van der Waals surface area (Å²) >= 11 is 6.29. The van der Waals surface area contributed by atoms with E-state index in [1.54, 1.807) is 0 Å². The first kappa shape index (κ1) is 18.5. The van der Waals surface area contributed by atoms with Crippen LogP contribution in [0.15, 0.2) is 24.3 Å². The number of rotatable bonds is 12. The van der Waals surface area contributed by atoms with Crippen LogP contribution in [0.25, 0.3) is 0 Å². The summed E-state index contributed by atoms with van der Waals surface area (Å²) in [5, 5.41) is 4.15. The Kier molecular flexibility index (Phi) is 10.6. The Morgan fingerprint density at radius 3 is 2.48 bits per heavy atom. The van der Waals surface area contributed by atoms with E-state index in [-0.39, 0.29) is 6.10 Å². The van der Waals surface area contributed by atoms with Crippen LogP contribution in [0.1, 0.15) is 64.0 Å². The number of halogens is 1. The summed E-state index contributed by atoms with van der Waals surface area (Å²) < 4.78 is 6.07. The molecule has 0 saturated carbocycles. The summed E-state index contributed by atoms with van der Waals surface area (Å²) in [4.78, 5) is 0. The van der Waals surface area contributed by atoms with Crippen molar-refractivity contribution in [3.05, 3.63) is 34.9 Å². The smallest absolute Gasteiger partial charge is 0.0963 e. The van der Waals surface area contributed by atoms with E-state index >= 15 is 0 Å². The predicted octanol–water partition coefficient (Wildman–Crippen LogP) is 5.37. The number of nitrogens with one attached hydrogen (secondary N) is 1. The molecule has 1 unspecified atom stereocenters. The molecule has 1 atom stereocenters. The molecule has 1 aromatic carbocycles. The monoisotopic (exact) mass is 311 g/mol. The second-order valence-electron chi connectivity index (χ2n) is 5.46. The Morgan fingerprint density at radius 2 is 1.76 bits per heavy atom. The van der Waals surface area contributed by atoms with Gasteiger partial charge in [-0.1, -0.05) is 75.8 Å². The summed E-state index contributed by atoms with van der Waals surface area (Å²) in [7, 11) is 0. The van der Waals surface area contributed by atoms with Crippen molar-refractivity contribution in [2.24, 2.45) is 0 Å². The van der Waals surface area contributed by atoms with Crippen LogP contribution in [0.3, 0.4) is 0 Å². The topological polar surface area (TPSA) is 21.3 Å². The summed E-state index contributed by atoms with van der Waals surface area (Å²) in [5.74, 6) is 0. The molecule has 1 N–H and O–H groups in total. The van der Waals surface area contributed by atoms with E-state index in [4.69, 9.17) is 16.3 Å². The van der Waals surface area contributed by atoms with Gasteiger partial charge in [0.2, 0.25) is 0 Å². The molecule has 0 saturated heterocycles.